The molecule has 0 aliphatic carbocycles. The van der Waals surface area contributed by atoms with E-state index in [1.807, 2.05) is 31.4 Å². The highest BCUT2D eigenvalue weighted by molar-refractivity contribution is 5.83. The van der Waals surface area contributed by atoms with E-state index in [4.69, 9.17) is 4.74 Å². The van der Waals surface area contributed by atoms with Crippen molar-refractivity contribution in [2.24, 2.45) is 7.05 Å². The molecule has 0 amide bonds. The summed E-state index contributed by atoms with van der Waals surface area (Å²) in [6.45, 7) is -0.427. The Morgan fingerprint density at radius 3 is 2.92 bits per heavy atom. The summed E-state index contributed by atoms with van der Waals surface area (Å²) in [5.74, 6) is 0.769. The van der Waals surface area contributed by atoms with Gasteiger partial charge in [0.1, 0.15) is 5.82 Å². The maximum atomic E-state index is 12.7. The normalized spacial score (nSPS) is 11.2. The molecule has 3 aromatic heterocycles. The number of fused-ring (bicyclic) bond motifs is 2. The third kappa shape index (κ3) is 2.56. The van der Waals surface area contributed by atoms with E-state index in [2.05, 4.69) is 15.4 Å². The lowest BCUT2D eigenvalue weighted by Crippen LogP contribution is -2.22. The van der Waals surface area contributed by atoms with Crippen LogP contribution in [0.3, 0.4) is 0 Å². The Bertz CT molecular complexity index is 1180. The minimum absolute atomic E-state index is 0.182. The molecule has 8 heteroatoms. The molecule has 4 rings (SSSR count). The summed E-state index contributed by atoms with van der Waals surface area (Å²) in [6.07, 6.45) is 3.50. The van der Waals surface area contributed by atoms with Gasteiger partial charge < -0.3 is 15.2 Å². The number of nitrogens with one attached hydrogen (secondary N) is 1. The number of aryl methyl sites for hydroxylation is 1. The molecular weight excluding hydrogens is 334 g/mol. The van der Waals surface area contributed by atoms with Gasteiger partial charge in [0.2, 0.25) is 0 Å². The van der Waals surface area contributed by atoms with Crippen molar-refractivity contribution >= 4 is 28.1 Å². The van der Waals surface area contributed by atoms with Crippen LogP contribution in [0.25, 0.3) is 16.6 Å². The van der Waals surface area contributed by atoms with Gasteiger partial charge >= 0.3 is 0 Å². The summed E-state index contributed by atoms with van der Waals surface area (Å²) in [5, 5.41) is 18.1. The fraction of sp³-hybridized carbons (Fsp3) is 0.167. The average Bonchev–Trinajstić information content (AvgIpc) is 3.01. The van der Waals surface area contributed by atoms with Crippen LogP contribution in [0.15, 0.2) is 47.5 Å². The number of pyridine rings is 1. The minimum atomic E-state index is -0.427. The van der Waals surface area contributed by atoms with Crippen LogP contribution in [0.1, 0.15) is 5.56 Å². The van der Waals surface area contributed by atoms with Crippen LogP contribution in [-0.4, -0.2) is 31.4 Å². The monoisotopic (exact) mass is 351 g/mol. The molecule has 0 spiro atoms. The Kier molecular flexibility index (Phi) is 3.81. The lowest BCUT2D eigenvalue weighted by molar-refractivity contribution is 0.280. The highest BCUT2D eigenvalue weighted by atomic mass is 16.5. The smallest absolute Gasteiger partial charge is 0.265 e. The van der Waals surface area contributed by atoms with Crippen molar-refractivity contribution in [1.82, 2.24) is 19.2 Å². The number of methoxy groups -OCH3 is 1. The Morgan fingerprint density at radius 2 is 2.15 bits per heavy atom. The molecule has 0 unspecified atom stereocenters. The van der Waals surface area contributed by atoms with E-state index in [1.165, 1.54) is 11.5 Å². The van der Waals surface area contributed by atoms with E-state index in [-0.39, 0.29) is 11.1 Å². The second kappa shape index (κ2) is 6.16. The fourth-order valence-corrected chi connectivity index (χ4v) is 2.94. The van der Waals surface area contributed by atoms with Crippen LogP contribution in [0.2, 0.25) is 0 Å². The fourth-order valence-electron chi connectivity index (χ4n) is 2.94. The topological polar surface area (TPSA) is 93.7 Å². The minimum Gasteiger partial charge on any atom is -0.493 e. The molecule has 0 saturated carbocycles. The summed E-state index contributed by atoms with van der Waals surface area (Å²) in [7, 11) is 3.37. The zero-order valence-corrected chi connectivity index (χ0v) is 14.3. The van der Waals surface area contributed by atoms with E-state index >= 15 is 0 Å². The number of benzene rings is 1. The van der Waals surface area contributed by atoms with Gasteiger partial charge in [-0.3, -0.25) is 13.9 Å². The zero-order chi connectivity index (χ0) is 18.3. The number of rotatable bonds is 4. The van der Waals surface area contributed by atoms with Crippen molar-refractivity contribution in [1.29, 1.82) is 0 Å². The molecular formula is C18H17N5O3. The maximum Gasteiger partial charge on any atom is 0.265 e. The molecule has 3 heterocycles. The Morgan fingerprint density at radius 1 is 1.31 bits per heavy atom. The third-order valence-electron chi connectivity index (χ3n) is 4.17. The van der Waals surface area contributed by atoms with Gasteiger partial charge in [-0.25, -0.2) is 4.98 Å². The molecule has 0 aliphatic heterocycles. The number of hydrogen-bond donors (Lipinski definition) is 2. The maximum absolute atomic E-state index is 12.7. The molecule has 8 nitrogen and oxygen atoms in total. The van der Waals surface area contributed by atoms with Crippen LogP contribution in [0.4, 0.5) is 11.5 Å². The SMILES string of the molecule is COc1cccn2c(=O)c(CO)c(Nc3ccc4nn(C)cc4c3)nc12. The summed E-state index contributed by atoms with van der Waals surface area (Å²) >= 11 is 0. The Balaban J connectivity index is 1.87. The number of hydrogen-bond acceptors (Lipinski definition) is 6. The zero-order valence-electron chi connectivity index (χ0n) is 14.3. The summed E-state index contributed by atoms with van der Waals surface area (Å²) in [6, 6.07) is 9.06. The molecule has 0 fully saturated rings. The van der Waals surface area contributed by atoms with Crippen molar-refractivity contribution in [3.63, 3.8) is 0 Å². The first-order valence-corrected chi connectivity index (χ1v) is 8.00. The Labute approximate surface area is 148 Å². The molecule has 0 aliphatic rings. The number of nitrogens with zero attached hydrogens (tertiary/aromatic N) is 4. The molecule has 26 heavy (non-hydrogen) atoms. The van der Waals surface area contributed by atoms with E-state index in [9.17, 15) is 9.90 Å². The van der Waals surface area contributed by atoms with Gasteiger partial charge in [-0.15, -0.1) is 0 Å². The first-order valence-electron chi connectivity index (χ1n) is 8.00. The Hall–Kier alpha value is -3.39. The first kappa shape index (κ1) is 16.1. The quantitative estimate of drug-likeness (QED) is 0.583. The molecule has 0 saturated heterocycles. The molecule has 2 N–H and O–H groups in total. The van der Waals surface area contributed by atoms with Gasteiger partial charge in [0.25, 0.3) is 5.56 Å². The van der Waals surface area contributed by atoms with Gasteiger partial charge in [-0.2, -0.15) is 5.10 Å². The van der Waals surface area contributed by atoms with Crippen LogP contribution in [-0.2, 0) is 13.7 Å². The largest absolute Gasteiger partial charge is 0.493 e. The second-order valence-corrected chi connectivity index (χ2v) is 5.87. The van der Waals surface area contributed by atoms with Gasteiger partial charge in [-0.1, -0.05) is 0 Å². The summed E-state index contributed by atoms with van der Waals surface area (Å²) < 4.78 is 8.39. The number of anilines is 2. The highest BCUT2D eigenvalue weighted by Gasteiger charge is 2.15. The molecule has 4 aromatic rings. The number of aliphatic hydroxyl groups excluding tert-OH is 1. The van der Waals surface area contributed by atoms with E-state index < -0.39 is 6.61 Å². The van der Waals surface area contributed by atoms with Crippen LogP contribution in [0, 0.1) is 0 Å². The highest BCUT2D eigenvalue weighted by Crippen LogP contribution is 2.24. The van der Waals surface area contributed by atoms with Gasteiger partial charge in [-0.05, 0) is 30.3 Å². The summed E-state index contributed by atoms with van der Waals surface area (Å²) in [5.41, 5.74) is 1.82. The van der Waals surface area contributed by atoms with E-state index in [0.29, 0.717) is 17.2 Å². The van der Waals surface area contributed by atoms with E-state index in [1.54, 1.807) is 23.0 Å². The third-order valence-corrected chi connectivity index (χ3v) is 4.17. The van der Waals surface area contributed by atoms with Gasteiger partial charge in [0.15, 0.2) is 11.4 Å². The van der Waals surface area contributed by atoms with Gasteiger partial charge in [0.05, 0.1) is 24.8 Å². The lowest BCUT2D eigenvalue weighted by atomic mass is 10.2. The van der Waals surface area contributed by atoms with Gasteiger partial charge in [0, 0.05) is 30.5 Å². The van der Waals surface area contributed by atoms with Crippen molar-refractivity contribution in [3.8, 4) is 5.75 Å². The predicted molar refractivity (Wildman–Crippen MR) is 97.9 cm³/mol. The van der Waals surface area contributed by atoms with Crippen LogP contribution >= 0.6 is 0 Å². The van der Waals surface area contributed by atoms with Crippen molar-refractivity contribution in [2.75, 3.05) is 12.4 Å². The molecule has 0 atom stereocenters. The number of aliphatic hydroxyl groups is 1. The second-order valence-electron chi connectivity index (χ2n) is 5.87. The van der Waals surface area contributed by atoms with Crippen LogP contribution < -0.4 is 15.6 Å². The lowest BCUT2D eigenvalue weighted by Gasteiger charge is -2.13. The van der Waals surface area contributed by atoms with Crippen molar-refractivity contribution in [3.05, 3.63) is 58.6 Å². The number of ether oxygens (including phenoxy) is 1. The standard InChI is InChI=1S/C18H17N5O3/c1-22-9-11-8-12(5-6-14(11)21-22)19-16-13(10-24)18(25)23-7-3-4-15(26-2)17(23)20-16/h3-9,19,24H,10H2,1-2H3. The van der Waals surface area contributed by atoms with Crippen molar-refractivity contribution in [2.45, 2.75) is 6.61 Å². The summed E-state index contributed by atoms with van der Waals surface area (Å²) in [4.78, 5) is 17.2. The molecule has 0 bridgehead atoms. The first-order chi connectivity index (χ1) is 12.6. The predicted octanol–water partition coefficient (Wildman–Crippen LogP) is 1.83. The van der Waals surface area contributed by atoms with Crippen LogP contribution in [0.5, 0.6) is 5.75 Å². The van der Waals surface area contributed by atoms with E-state index in [0.717, 1.165) is 16.6 Å². The molecule has 132 valence electrons. The molecule has 0 radical (unpaired) electrons. The molecule has 1 aromatic carbocycles. The van der Waals surface area contributed by atoms with Crippen molar-refractivity contribution < 1.29 is 9.84 Å². The average molecular weight is 351 g/mol. The number of aromatic nitrogens is 4.